The minimum absolute atomic E-state index is 0.340. The smallest absolute Gasteiger partial charge is 0.335 e. The van der Waals surface area contributed by atoms with Crippen LogP contribution in [0.3, 0.4) is 0 Å². The highest BCUT2D eigenvalue weighted by molar-refractivity contribution is 5.93. The Morgan fingerprint density at radius 1 is 1.18 bits per heavy atom. The Labute approximate surface area is 127 Å². The molecule has 2 heterocycles. The van der Waals surface area contributed by atoms with Gasteiger partial charge in [0.2, 0.25) is 0 Å². The third-order valence-corrected chi connectivity index (χ3v) is 3.36. The summed E-state index contributed by atoms with van der Waals surface area (Å²) in [5.74, 6) is 0.326. The molecule has 0 saturated carbocycles. The van der Waals surface area contributed by atoms with Crippen molar-refractivity contribution in [3.8, 4) is 11.5 Å². The normalized spacial score (nSPS) is 19.5. The minimum Gasteiger partial charge on any atom is -0.486 e. The second kappa shape index (κ2) is 6.65. The first-order chi connectivity index (χ1) is 10.7. The molecule has 2 aliphatic rings. The average Bonchev–Trinajstić information content (AvgIpc) is 3.07. The first-order valence-corrected chi connectivity index (χ1v) is 7.20. The predicted molar refractivity (Wildman–Crippen MR) is 76.0 cm³/mol. The molecule has 0 spiro atoms. The fourth-order valence-electron chi connectivity index (χ4n) is 2.31. The van der Waals surface area contributed by atoms with Gasteiger partial charge in [-0.1, -0.05) is 0 Å². The van der Waals surface area contributed by atoms with Crippen molar-refractivity contribution in [1.29, 1.82) is 0 Å². The maximum atomic E-state index is 11.8. The summed E-state index contributed by atoms with van der Waals surface area (Å²) in [6.45, 7) is 1.21. The first kappa shape index (κ1) is 14.6. The van der Waals surface area contributed by atoms with Gasteiger partial charge in [0, 0.05) is 18.4 Å². The van der Waals surface area contributed by atoms with Crippen LogP contribution in [0.2, 0.25) is 0 Å². The topological polar surface area (TPSA) is 83.1 Å². The van der Waals surface area contributed by atoms with Crippen LogP contribution in [0.25, 0.3) is 0 Å². The summed E-state index contributed by atoms with van der Waals surface area (Å²) in [6, 6.07) is 5.10. The molecule has 0 aliphatic carbocycles. The van der Waals surface area contributed by atoms with Crippen LogP contribution >= 0.6 is 0 Å². The van der Waals surface area contributed by atoms with E-state index in [-0.39, 0.29) is 6.61 Å². The van der Waals surface area contributed by atoms with Gasteiger partial charge in [-0.3, -0.25) is 4.79 Å². The Balaban J connectivity index is 1.50. The molecule has 1 aromatic carbocycles. The summed E-state index contributed by atoms with van der Waals surface area (Å²) >= 11 is 0. The molecule has 3 rings (SSSR count). The van der Waals surface area contributed by atoms with E-state index in [1.807, 2.05) is 0 Å². The molecular formula is C15H17NO6. The highest BCUT2D eigenvalue weighted by Gasteiger charge is 2.25. The molecule has 0 aromatic heterocycles. The molecule has 0 bridgehead atoms. The lowest BCUT2D eigenvalue weighted by atomic mass is 10.2. The zero-order valence-electron chi connectivity index (χ0n) is 12.0. The summed E-state index contributed by atoms with van der Waals surface area (Å²) < 4.78 is 21.0. The van der Waals surface area contributed by atoms with Gasteiger partial charge in [0.15, 0.2) is 24.2 Å². The van der Waals surface area contributed by atoms with Crippen molar-refractivity contribution in [2.24, 2.45) is 0 Å². The van der Waals surface area contributed by atoms with E-state index in [9.17, 15) is 9.59 Å². The number of hydrogen-bond acceptors (Lipinski definition) is 6. The highest BCUT2D eigenvalue weighted by atomic mass is 16.6. The summed E-state index contributed by atoms with van der Waals surface area (Å²) in [7, 11) is 0. The Kier molecular flexibility index (Phi) is 4.43. The van der Waals surface area contributed by atoms with Crippen molar-refractivity contribution >= 4 is 17.6 Å². The van der Waals surface area contributed by atoms with E-state index in [1.165, 1.54) is 0 Å². The molecule has 1 fully saturated rings. The fourth-order valence-corrected chi connectivity index (χ4v) is 2.31. The largest absolute Gasteiger partial charge is 0.486 e. The molecule has 7 heteroatoms. The van der Waals surface area contributed by atoms with Gasteiger partial charge < -0.3 is 24.3 Å². The van der Waals surface area contributed by atoms with Crippen molar-refractivity contribution in [1.82, 2.24) is 0 Å². The summed E-state index contributed by atoms with van der Waals surface area (Å²) in [5, 5.41) is 2.65. The fraction of sp³-hybridized carbons (Fsp3) is 0.467. The Morgan fingerprint density at radius 2 is 2.00 bits per heavy atom. The summed E-state index contributed by atoms with van der Waals surface area (Å²) in [6.07, 6.45) is 0.938. The van der Waals surface area contributed by atoms with E-state index in [4.69, 9.17) is 18.9 Å². The number of hydrogen-bond donors (Lipinski definition) is 1. The number of ether oxygens (including phenoxy) is 4. The lowest BCUT2D eigenvalue weighted by molar-refractivity contribution is -0.156. The van der Waals surface area contributed by atoms with Gasteiger partial charge in [0.25, 0.3) is 5.91 Å². The van der Waals surface area contributed by atoms with E-state index in [0.717, 1.165) is 6.42 Å². The molecule has 1 saturated heterocycles. The third-order valence-electron chi connectivity index (χ3n) is 3.36. The zero-order valence-corrected chi connectivity index (χ0v) is 12.0. The lowest BCUT2D eigenvalue weighted by Gasteiger charge is -2.19. The number of carbonyl (C=O) groups is 2. The zero-order chi connectivity index (χ0) is 15.4. The molecule has 1 aromatic rings. The molecule has 22 heavy (non-hydrogen) atoms. The summed E-state index contributed by atoms with van der Waals surface area (Å²) in [4.78, 5) is 23.4. The van der Waals surface area contributed by atoms with E-state index < -0.39 is 18.0 Å². The monoisotopic (exact) mass is 307 g/mol. The van der Waals surface area contributed by atoms with Crippen LogP contribution in [-0.2, 0) is 19.1 Å². The molecule has 2 aliphatic heterocycles. The van der Waals surface area contributed by atoms with E-state index >= 15 is 0 Å². The van der Waals surface area contributed by atoms with Crippen LogP contribution in [0, 0.1) is 0 Å². The van der Waals surface area contributed by atoms with Crippen molar-refractivity contribution < 1.29 is 28.5 Å². The summed E-state index contributed by atoms with van der Waals surface area (Å²) in [5.41, 5.74) is 0.558. The van der Waals surface area contributed by atoms with Gasteiger partial charge in [0.1, 0.15) is 13.2 Å². The average molecular weight is 307 g/mol. The van der Waals surface area contributed by atoms with Crippen LogP contribution in [0.5, 0.6) is 11.5 Å². The SMILES string of the molecule is O=C(COC(=O)C1CCCO1)Nc1ccc2c(c1)OCCO2. The van der Waals surface area contributed by atoms with Gasteiger partial charge in [-0.15, -0.1) is 0 Å². The molecule has 118 valence electrons. The van der Waals surface area contributed by atoms with Crippen LogP contribution < -0.4 is 14.8 Å². The van der Waals surface area contributed by atoms with E-state index in [0.29, 0.717) is 43.4 Å². The van der Waals surface area contributed by atoms with Gasteiger partial charge in [0.05, 0.1) is 0 Å². The number of esters is 1. The Morgan fingerprint density at radius 3 is 2.77 bits per heavy atom. The van der Waals surface area contributed by atoms with Gasteiger partial charge in [-0.25, -0.2) is 4.79 Å². The van der Waals surface area contributed by atoms with E-state index in [1.54, 1.807) is 18.2 Å². The second-order valence-electron chi connectivity index (χ2n) is 5.02. The molecule has 1 amide bonds. The van der Waals surface area contributed by atoms with Crippen LogP contribution in [0.1, 0.15) is 12.8 Å². The first-order valence-electron chi connectivity index (χ1n) is 7.20. The number of nitrogens with one attached hydrogen (secondary N) is 1. The van der Waals surface area contributed by atoms with Crippen molar-refractivity contribution in [2.75, 3.05) is 31.7 Å². The minimum atomic E-state index is -0.540. The molecule has 1 unspecified atom stereocenters. The predicted octanol–water partition coefficient (Wildman–Crippen LogP) is 1.12. The molecule has 0 radical (unpaired) electrons. The lowest BCUT2D eigenvalue weighted by Crippen LogP contribution is -2.27. The van der Waals surface area contributed by atoms with Crippen molar-refractivity contribution in [2.45, 2.75) is 18.9 Å². The van der Waals surface area contributed by atoms with Crippen LogP contribution in [-0.4, -0.2) is 44.4 Å². The number of fused-ring (bicyclic) bond motifs is 1. The van der Waals surface area contributed by atoms with Crippen molar-refractivity contribution in [3.63, 3.8) is 0 Å². The van der Waals surface area contributed by atoms with Crippen LogP contribution in [0.4, 0.5) is 5.69 Å². The van der Waals surface area contributed by atoms with Gasteiger partial charge in [-0.05, 0) is 25.0 Å². The Hall–Kier alpha value is -2.28. The Bertz CT molecular complexity index is 567. The molecular weight excluding hydrogens is 290 g/mol. The number of rotatable bonds is 4. The molecule has 1 atom stereocenters. The molecule has 7 nitrogen and oxygen atoms in total. The molecule has 1 N–H and O–H groups in total. The highest BCUT2D eigenvalue weighted by Crippen LogP contribution is 2.32. The van der Waals surface area contributed by atoms with Gasteiger partial charge >= 0.3 is 5.97 Å². The number of benzene rings is 1. The maximum absolute atomic E-state index is 11.8. The van der Waals surface area contributed by atoms with Crippen LogP contribution in [0.15, 0.2) is 18.2 Å². The standard InChI is InChI=1S/C15H17NO6/c17-14(9-22-15(18)12-2-1-5-19-12)16-10-3-4-11-13(8-10)21-7-6-20-11/h3-4,8,12H,1-2,5-7,9H2,(H,16,17). The van der Waals surface area contributed by atoms with Crippen molar-refractivity contribution in [3.05, 3.63) is 18.2 Å². The number of amides is 1. The maximum Gasteiger partial charge on any atom is 0.335 e. The van der Waals surface area contributed by atoms with E-state index in [2.05, 4.69) is 5.32 Å². The number of carbonyl (C=O) groups excluding carboxylic acids is 2. The quantitative estimate of drug-likeness (QED) is 0.839. The third kappa shape index (κ3) is 3.48. The van der Waals surface area contributed by atoms with Gasteiger partial charge in [-0.2, -0.15) is 0 Å². The number of anilines is 1. The second-order valence-corrected chi connectivity index (χ2v) is 5.02.